The molecule has 1 fully saturated rings. The van der Waals surface area contributed by atoms with Crippen LogP contribution in [0.3, 0.4) is 0 Å². The SMILES string of the molecule is OC1CCCc2cnc(CC3CCOCC3)n21. The van der Waals surface area contributed by atoms with E-state index < -0.39 is 0 Å². The van der Waals surface area contributed by atoms with Crippen molar-refractivity contribution >= 4 is 0 Å². The zero-order chi connectivity index (χ0) is 11.7. The van der Waals surface area contributed by atoms with E-state index in [-0.39, 0.29) is 6.23 Å². The summed E-state index contributed by atoms with van der Waals surface area (Å²) in [6.07, 6.45) is 7.82. The molecule has 0 amide bonds. The number of fused-ring (bicyclic) bond motifs is 1. The lowest BCUT2D eigenvalue weighted by atomic mass is 9.96. The lowest BCUT2D eigenvalue weighted by Gasteiger charge is -2.26. The second-order valence-corrected chi connectivity index (χ2v) is 5.17. The third-order valence-electron chi connectivity index (χ3n) is 3.96. The monoisotopic (exact) mass is 236 g/mol. The van der Waals surface area contributed by atoms with E-state index >= 15 is 0 Å². The molecule has 0 aromatic carbocycles. The maximum Gasteiger partial charge on any atom is 0.132 e. The molecule has 4 heteroatoms. The molecule has 1 atom stereocenters. The van der Waals surface area contributed by atoms with Crippen LogP contribution in [0, 0.1) is 5.92 Å². The van der Waals surface area contributed by atoms with Crippen molar-refractivity contribution in [2.24, 2.45) is 5.92 Å². The van der Waals surface area contributed by atoms with Gasteiger partial charge in [-0.15, -0.1) is 0 Å². The number of hydrogen-bond acceptors (Lipinski definition) is 3. The molecular formula is C13H20N2O2. The predicted octanol–water partition coefficient (Wildman–Crippen LogP) is 1.68. The second-order valence-electron chi connectivity index (χ2n) is 5.17. The van der Waals surface area contributed by atoms with Crippen molar-refractivity contribution in [3.63, 3.8) is 0 Å². The summed E-state index contributed by atoms with van der Waals surface area (Å²) >= 11 is 0. The van der Waals surface area contributed by atoms with Gasteiger partial charge in [-0.05, 0) is 38.0 Å². The van der Waals surface area contributed by atoms with Gasteiger partial charge in [0.15, 0.2) is 0 Å². The van der Waals surface area contributed by atoms with E-state index in [2.05, 4.69) is 9.55 Å². The summed E-state index contributed by atoms with van der Waals surface area (Å²) in [4.78, 5) is 4.50. The first kappa shape index (κ1) is 11.2. The molecule has 0 radical (unpaired) electrons. The summed E-state index contributed by atoms with van der Waals surface area (Å²) in [5.41, 5.74) is 1.20. The van der Waals surface area contributed by atoms with Gasteiger partial charge in [0.2, 0.25) is 0 Å². The van der Waals surface area contributed by atoms with Gasteiger partial charge in [0, 0.05) is 31.5 Å². The molecule has 0 saturated carbocycles. The maximum absolute atomic E-state index is 10.1. The first-order valence-corrected chi connectivity index (χ1v) is 6.65. The van der Waals surface area contributed by atoms with E-state index in [0.717, 1.165) is 57.6 Å². The van der Waals surface area contributed by atoms with Crippen LogP contribution in [0.5, 0.6) is 0 Å². The fraction of sp³-hybridized carbons (Fsp3) is 0.769. The Kier molecular flexibility index (Phi) is 3.16. The molecule has 4 nitrogen and oxygen atoms in total. The molecule has 17 heavy (non-hydrogen) atoms. The van der Waals surface area contributed by atoms with Crippen molar-refractivity contribution in [1.29, 1.82) is 0 Å². The Bertz CT molecular complexity index is 383. The average molecular weight is 236 g/mol. The summed E-state index contributed by atoms with van der Waals surface area (Å²) in [7, 11) is 0. The molecule has 2 aliphatic heterocycles. The van der Waals surface area contributed by atoms with E-state index in [1.54, 1.807) is 0 Å². The normalized spacial score (nSPS) is 25.8. The van der Waals surface area contributed by atoms with Gasteiger partial charge in [-0.25, -0.2) is 4.98 Å². The van der Waals surface area contributed by atoms with Crippen molar-refractivity contribution in [3.05, 3.63) is 17.7 Å². The maximum atomic E-state index is 10.1. The number of hydrogen-bond donors (Lipinski definition) is 1. The van der Waals surface area contributed by atoms with Gasteiger partial charge in [0.05, 0.1) is 0 Å². The van der Waals surface area contributed by atoms with Crippen molar-refractivity contribution in [1.82, 2.24) is 9.55 Å². The number of rotatable bonds is 2. The summed E-state index contributed by atoms with van der Waals surface area (Å²) in [6.45, 7) is 1.75. The number of aryl methyl sites for hydroxylation is 1. The van der Waals surface area contributed by atoms with E-state index in [1.165, 1.54) is 5.69 Å². The summed E-state index contributed by atoms with van der Waals surface area (Å²) in [5.74, 6) is 1.74. The fourth-order valence-electron chi connectivity index (χ4n) is 2.94. The van der Waals surface area contributed by atoms with Gasteiger partial charge in [-0.2, -0.15) is 0 Å². The molecule has 1 saturated heterocycles. The van der Waals surface area contributed by atoms with Crippen molar-refractivity contribution in [2.75, 3.05) is 13.2 Å². The largest absolute Gasteiger partial charge is 0.381 e. The van der Waals surface area contributed by atoms with Gasteiger partial charge in [-0.1, -0.05) is 0 Å². The molecule has 1 aromatic rings. The van der Waals surface area contributed by atoms with Crippen LogP contribution in [0.2, 0.25) is 0 Å². The fourth-order valence-corrected chi connectivity index (χ4v) is 2.94. The minimum Gasteiger partial charge on any atom is -0.381 e. The number of imidazole rings is 1. The van der Waals surface area contributed by atoms with E-state index in [9.17, 15) is 5.11 Å². The molecular weight excluding hydrogens is 216 g/mol. The van der Waals surface area contributed by atoms with Crippen LogP contribution in [-0.4, -0.2) is 27.9 Å². The molecule has 3 heterocycles. The number of ether oxygens (including phenoxy) is 1. The quantitative estimate of drug-likeness (QED) is 0.850. The first-order valence-electron chi connectivity index (χ1n) is 6.65. The molecule has 0 spiro atoms. The minimum absolute atomic E-state index is 0.351. The lowest BCUT2D eigenvalue weighted by Crippen LogP contribution is -2.23. The molecule has 3 rings (SSSR count). The summed E-state index contributed by atoms with van der Waals surface area (Å²) in [6, 6.07) is 0. The van der Waals surface area contributed by atoms with E-state index in [1.807, 2.05) is 6.20 Å². The standard InChI is InChI=1S/C13H20N2O2/c16-13-3-1-2-11-9-14-12(15(11)13)8-10-4-6-17-7-5-10/h9-10,13,16H,1-8H2. The van der Waals surface area contributed by atoms with Crippen molar-refractivity contribution in [3.8, 4) is 0 Å². The molecule has 1 unspecified atom stereocenters. The van der Waals surface area contributed by atoms with Crippen LogP contribution < -0.4 is 0 Å². The molecule has 94 valence electrons. The highest BCUT2D eigenvalue weighted by Crippen LogP contribution is 2.27. The first-order chi connectivity index (χ1) is 8.34. The predicted molar refractivity (Wildman–Crippen MR) is 63.7 cm³/mol. The molecule has 1 N–H and O–H groups in total. The number of aromatic nitrogens is 2. The Morgan fingerprint density at radius 2 is 2.18 bits per heavy atom. The highest BCUT2D eigenvalue weighted by atomic mass is 16.5. The highest BCUT2D eigenvalue weighted by Gasteiger charge is 2.23. The smallest absolute Gasteiger partial charge is 0.132 e. The Morgan fingerprint density at radius 1 is 1.35 bits per heavy atom. The van der Waals surface area contributed by atoms with Crippen molar-refractivity contribution in [2.45, 2.75) is 44.8 Å². The second kappa shape index (κ2) is 4.78. The molecule has 1 aromatic heterocycles. The minimum atomic E-state index is -0.351. The van der Waals surface area contributed by atoms with E-state index in [0.29, 0.717) is 5.92 Å². The Labute approximate surface area is 102 Å². The van der Waals surface area contributed by atoms with Gasteiger partial charge in [0.1, 0.15) is 12.1 Å². The Morgan fingerprint density at radius 3 is 3.00 bits per heavy atom. The van der Waals surface area contributed by atoms with Gasteiger partial charge >= 0.3 is 0 Å². The Hall–Kier alpha value is -0.870. The zero-order valence-electron chi connectivity index (χ0n) is 10.1. The number of aliphatic hydroxyl groups is 1. The van der Waals surface area contributed by atoms with Crippen LogP contribution in [0.1, 0.15) is 43.4 Å². The van der Waals surface area contributed by atoms with Gasteiger partial charge in [-0.3, -0.25) is 0 Å². The number of nitrogens with zero attached hydrogens (tertiary/aromatic N) is 2. The average Bonchev–Trinajstić information content (AvgIpc) is 2.75. The van der Waals surface area contributed by atoms with Crippen LogP contribution >= 0.6 is 0 Å². The van der Waals surface area contributed by atoms with Gasteiger partial charge < -0.3 is 14.4 Å². The van der Waals surface area contributed by atoms with Gasteiger partial charge in [0.25, 0.3) is 0 Å². The van der Waals surface area contributed by atoms with E-state index in [4.69, 9.17) is 4.74 Å². The van der Waals surface area contributed by atoms with Crippen LogP contribution in [-0.2, 0) is 17.6 Å². The third-order valence-corrected chi connectivity index (χ3v) is 3.96. The zero-order valence-corrected chi connectivity index (χ0v) is 10.1. The molecule has 0 aliphatic carbocycles. The number of aliphatic hydroxyl groups excluding tert-OH is 1. The highest BCUT2D eigenvalue weighted by molar-refractivity contribution is 5.09. The van der Waals surface area contributed by atoms with Crippen LogP contribution in [0.15, 0.2) is 6.20 Å². The molecule has 2 aliphatic rings. The summed E-state index contributed by atoms with van der Waals surface area (Å²) in [5, 5.41) is 10.1. The van der Waals surface area contributed by atoms with Crippen LogP contribution in [0.25, 0.3) is 0 Å². The third kappa shape index (κ3) is 2.24. The lowest BCUT2D eigenvalue weighted by molar-refractivity contribution is 0.0592. The van der Waals surface area contributed by atoms with Crippen molar-refractivity contribution < 1.29 is 9.84 Å². The Balaban J connectivity index is 1.76. The summed E-state index contributed by atoms with van der Waals surface area (Å²) < 4.78 is 7.43. The topological polar surface area (TPSA) is 47.3 Å². The van der Waals surface area contributed by atoms with Crippen LogP contribution in [0.4, 0.5) is 0 Å². The molecule has 0 bridgehead atoms.